The van der Waals surface area contributed by atoms with E-state index in [1.54, 1.807) is 12.4 Å². The van der Waals surface area contributed by atoms with E-state index < -0.39 is 0 Å². The molecule has 0 N–H and O–H groups in total. The third-order valence-electron chi connectivity index (χ3n) is 4.76. The number of hydrogen-bond donors (Lipinski definition) is 0. The van der Waals surface area contributed by atoms with Crippen molar-refractivity contribution in [3.63, 3.8) is 0 Å². The van der Waals surface area contributed by atoms with E-state index in [1.807, 2.05) is 71.6 Å². The number of rotatable bonds is 6. The summed E-state index contributed by atoms with van der Waals surface area (Å²) in [7, 11) is 0. The van der Waals surface area contributed by atoms with Crippen LogP contribution in [0.3, 0.4) is 0 Å². The molecule has 0 saturated heterocycles. The zero-order chi connectivity index (χ0) is 19.2. The molecule has 0 fully saturated rings. The number of pyridine rings is 2. The molecule has 0 aliphatic heterocycles. The molecular weight excluding hydrogens is 346 g/mol. The fourth-order valence-electron chi connectivity index (χ4n) is 3.29. The summed E-state index contributed by atoms with van der Waals surface area (Å²) in [5, 5.41) is 1.89. The van der Waals surface area contributed by atoms with Crippen molar-refractivity contribution >= 4 is 16.7 Å². The summed E-state index contributed by atoms with van der Waals surface area (Å²) in [6.45, 7) is 1.06. The number of fused-ring (bicyclic) bond motifs is 1. The Morgan fingerprint density at radius 3 is 2.39 bits per heavy atom. The highest BCUT2D eigenvalue weighted by molar-refractivity contribution is 6.05. The van der Waals surface area contributed by atoms with Gasteiger partial charge in [-0.15, -0.1) is 0 Å². The third-order valence-corrected chi connectivity index (χ3v) is 4.76. The van der Waals surface area contributed by atoms with Gasteiger partial charge in [-0.25, -0.2) is 0 Å². The second kappa shape index (κ2) is 8.44. The van der Waals surface area contributed by atoms with Crippen molar-refractivity contribution in [2.75, 3.05) is 6.54 Å². The molecule has 0 unspecified atom stereocenters. The van der Waals surface area contributed by atoms with Gasteiger partial charge in [-0.1, -0.05) is 60.7 Å². The molecule has 4 nitrogen and oxygen atoms in total. The van der Waals surface area contributed by atoms with Crippen LogP contribution in [0.25, 0.3) is 10.8 Å². The van der Waals surface area contributed by atoms with Gasteiger partial charge in [0.15, 0.2) is 0 Å². The van der Waals surface area contributed by atoms with Gasteiger partial charge in [-0.05, 0) is 35.6 Å². The lowest BCUT2D eigenvalue weighted by molar-refractivity contribution is 0.0739. The molecule has 2 aromatic carbocycles. The number of nitrogens with zero attached hydrogens (tertiary/aromatic N) is 3. The molecule has 0 spiro atoms. The van der Waals surface area contributed by atoms with Crippen LogP contribution in [0.2, 0.25) is 0 Å². The number of benzene rings is 2. The molecule has 2 heterocycles. The van der Waals surface area contributed by atoms with E-state index in [0.717, 1.165) is 22.9 Å². The van der Waals surface area contributed by atoms with Gasteiger partial charge in [-0.2, -0.15) is 0 Å². The highest BCUT2D eigenvalue weighted by Crippen LogP contribution is 2.19. The van der Waals surface area contributed by atoms with E-state index in [9.17, 15) is 4.79 Å². The van der Waals surface area contributed by atoms with Gasteiger partial charge < -0.3 is 4.90 Å². The van der Waals surface area contributed by atoms with Gasteiger partial charge in [0, 0.05) is 24.3 Å². The highest BCUT2D eigenvalue weighted by Gasteiger charge is 2.20. The first kappa shape index (κ1) is 17.9. The summed E-state index contributed by atoms with van der Waals surface area (Å²) < 4.78 is 0. The van der Waals surface area contributed by atoms with Crippen LogP contribution in [0.4, 0.5) is 0 Å². The van der Waals surface area contributed by atoms with Gasteiger partial charge in [0.1, 0.15) is 5.69 Å². The van der Waals surface area contributed by atoms with Gasteiger partial charge in [-0.3, -0.25) is 14.8 Å². The molecule has 0 aliphatic carbocycles. The molecule has 0 radical (unpaired) electrons. The summed E-state index contributed by atoms with van der Waals surface area (Å²) in [5.41, 5.74) is 2.55. The van der Waals surface area contributed by atoms with Crippen LogP contribution < -0.4 is 0 Å². The van der Waals surface area contributed by atoms with Crippen molar-refractivity contribution < 1.29 is 4.79 Å². The fourth-order valence-corrected chi connectivity index (χ4v) is 3.29. The number of carbonyl (C=O) groups is 1. The summed E-state index contributed by atoms with van der Waals surface area (Å²) >= 11 is 0. The Hall–Kier alpha value is -3.53. The van der Waals surface area contributed by atoms with Crippen LogP contribution in [0, 0.1) is 0 Å². The fraction of sp³-hybridized carbons (Fsp3) is 0.125. The van der Waals surface area contributed by atoms with Crippen molar-refractivity contribution in [3.8, 4) is 0 Å². The van der Waals surface area contributed by atoms with Gasteiger partial charge in [0.25, 0.3) is 5.91 Å². The summed E-state index contributed by atoms with van der Waals surface area (Å²) in [6, 6.07) is 25.8. The lowest BCUT2D eigenvalue weighted by Gasteiger charge is -2.23. The van der Waals surface area contributed by atoms with Crippen molar-refractivity contribution in [3.05, 3.63) is 108 Å². The van der Waals surface area contributed by atoms with Crippen molar-refractivity contribution in [1.82, 2.24) is 14.9 Å². The van der Waals surface area contributed by atoms with Crippen LogP contribution >= 0.6 is 0 Å². The van der Waals surface area contributed by atoms with Crippen molar-refractivity contribution in [1.29, 1.82) is 0 Å². The van der Waals surface area contributed by atoms with Crippen molar-refractivity contribution in [2.24, 2.45) is 0 Å². The van der Waals surface area contributed by atoms with Crippen LogP contribution in [-0.4, -0.2) is 27.3 Å². The van der Waals surface area contributed by atoms with E-state index in [1.165, 1.54) is 5.56 Å². The third kappa shape index (κ3) is 4.07. The standard InChI is InChI=1S/C24H21N3O/c28-24(23-22-12-5-4-10-20(22)13-16-26-23)27(18-21-11-6-7-15-25-21)17-14-19-8-2-1-3-9-19/h1-13,15-16H,14,17-18H2. The van der Waals surface area contributed by atoms with Crippen LogP contribution in [0.5, 0.6) is 0 Å². The maximum Gasteiger partial charge on any atom is 0.273 e. The number of carbonyl (C=O) groups excluding carboxylic acids is 1. The second-order valence-corrected chi connectivity index (χ2v) is 6.66. The molecule has 0 bridgehead atoms. The number of aromatic nitrogens is 2. The number of hydrogen-bond acceptors (Lipinski definition) is 3. The molecule has 1 amide bonds. The zero-order valence-electron chi connectivity index (χ0n) is 15.5. The van der Waals surface area contributed by atoms with Crippen molar-refractivity contribution in [2.45, 2.75) is 13.0 Å². The molecule has 0 atom stereocenters. The molecule has 2 aromatic heterocycles. The predicted molar refractivity (Wildman–Crippen MR) is 111 cm³/mol. The maximum absolute atomic E-state index is 13.4. The van der Waals surface area contributed by atoms with E-state index in [0.29, 0.717) is 18.8 Å². The normalized spacial score (nSPS) is 10.7. The van der Waals surface area contributed by atoms with Gasteiger partial charge in [0.2, 0.25) is 0 Å². The molecule has 138 valence electrons. The molecule has 0 saturated carbocycles. The largest absolute Gasteiger partial charge is 0.331 e. The Labute approximate surface area is 164 Å². The SMILES string of the molecule is O=C(c1nccc2ccccc12)N(CCc1ccccc1)Cc1ccccn1. The molecular formula is C24H21N3O. The first-order chi connectivity index (χ1) is 13.8. The average Bonchev–Trinajstić information content (AvgIpc) is 2.77. The molecule has 4 heteroatoms. The monoisotopic (exact) mass is 367 g/mol. The van der Waals surface area contributed by atoms with Gasteiger partial charge in [0.05, 0.1) is 12.2 Å². The minimum Gasteiger partial charge on any atom is -0.331 e. The first-order valence-corrected chi connectivity index (χ1v) is 9.38. The van der Waals surface area contributed by atoms with E-state index in [4.69, 9.17) is 0 Å². The van der Waals surface area contributed by atoms with E-state index in [2.05, 4.69) is 22.1 Å². The lowest BCUT2D eigenvalue weighted by Crippen LogP contribution is -2.33. The lowest BCUT2D eigenvalue weighted by atomic mass is 10.1. The van der Waals surface area contributed by atoms with Gasteiger partial charge >= 0.3 is 0 Å². The Kier molecular flexibility index (Phi) is 5.38. The Bertz CT molecular complexity index is 1060. The molecule has 0 aliphatic rings. The predicted octanol–water partition coefficient (Wildman–Crippen LogP) is 4.51. The van der Waals surface area contributed by atoms with Crippen LogP contribution in [0.1, 0.15) is 21.7 Å². The minimum absolute atomic E-state index is 0.0709. The highest BCUT2D eigenvalue weighted by atomic mass is 16.2. The first-order valence-electron chi connectivity index (χ1n) is 9.38. The Morgan fingerprint density at radius 2 is 1.57 bits per heavy atom. The van der Waals surface area contributed by atoms with E-state index >= 15 is 0 Å². The summed E-state index contributed by atoms with van der Waals surface area (Å²) in [6.07, 6.45) is 4.24. The minimum atomic E-state index is -0.0709. The topological polar surface area (TPSA) is 46.1 Å². The summed E-state index contributed by atoms with van der Waals surface area (Å²) in [5.74, 6) is -0.0709. The Morgan fingerprint density at radius 1 is 0.786 bits per heavy atom. The van der Waals surface area contributed by atoms with Crippen LogP contribution in [-0.2, 0) is 13.0 Å². The van der Waals surface area contributed by atoms with E-state index in [-0.39, 0.29) is 5.91 Å². The second-order valence-electron chi connectivity index (χ2n) is 6.66. The smallest absolute Gasteiger partial charge is 0.273 e. The molecule has 4 rings (SSSR count). The maximum atomic E-state index is 13.4. The molecule has 4 aromatic rings. The Balaban J connectivity index is 1.64. The summed E-state index contributed by atoms with van der Waals surface area (Å²) in [4.78, 5) is 24.1. The quantitative estimate of drug-likeness (QED) is 0.503. The number of amides is 1. The molecule has 28 heavy (non-hydrogen) atoms. The van der Waals surface area contributed by atoms with Crippen LogP contribution in [0.15, 0.2) is 91.3 Å². The average molecular weight is 367 g/mol. The zero-order valence-corrected chi connectivity index (χ0v) is 15.5.